The third-order valence-corrected chi connectivity index (χ3v) is 7.16. The second kappa shape index (κ2) is 5.03. The molecule has 136 valence electrons. The molecule has 5 heteroatoms. The molecule has 0 heterocycles. The minimum atomic E-state index is -4.63. The van der Waals surface area contributed by atoms with Crippen molar-refractivity contribution < 1.29 is 23.4 Å². The maximum Gasteiger partial charge on any atom is 0.418 e. The fraction of sp³-hybridized carbons (Fsp3) is 0.600. The monoisotopic (exact) mass is 352 g/mol. The molecular formula is C20H23F3O2. The van der Waals surface area contributed by atoms with Crippen molar-refractivity contribution in [2.45, 2.75) is 50.8 Å². The van der Waals surface area contributed by atoms with Crippen molar-refractivity contribution in [3.8, 4) is 5.75 Å². The summed E-state index contributed by atoms with van der Waals surface area (Å²) in [6, 6.07) is 5.31. The zero-order valence-electron chi connectivity index (χ0n) is 14.3. The van der Waals surface area contributed by atoms with Crippen molar-refractivity contribution in [1.29, 1.82) is 0 Å². The molecule has 4 unspecified atom stereocenters. The summed E-state index contributed by atoms with van der Waals surface area (Å²) in [5.41, 5.74) is -1.76. The Labute approximate surface area is 145 Å². The van der Waals surface area contributed by atoms with Gasteiger partial charge in [-0.15, -0.1) is 0 Å². The zero-order valence-corrected chi connectivity index (χ0v) is 14.3. The first-order valence-electron chi connectivity index (χ1n) is 8.89. The highest BCUT2D eigenvalue weighted by Gasteiger charge is 2.70. The largest absolute Gasteiger partial charge is 0.508 e. The topological polar surface area (TPSA) is 40.5 Å². The molecule has 1 fully saturated rings. The number of aromatic hydroxyl groups is 1. The molecule has 25 heavy (non-hydrogen) atoms. The molecule has 4 rings (SSSR count). The number of aliphatic hydroxyl groups is 1. The van der Waals surface area contributed by atoms with E-state index in [1.807, 2.05) is 12.1 Å². The van der Waals surface area contributed by atoms with E-state index in [-0.39, 0.29) is 35.8 Å². The Morgan fingerprint density at radius 2 is 1.96 bits per heavy atom. The van der Waals surface area contributed by atoms with Crippen LogP contribution in [0.1, 0.15) is 43.7 Å². The van der Waals surface area contributed by atoms with Crippen molar-refractivity contribution >= 4 is 0 Å². The van der Waals surface area contributed by atoms with E-state index in [1.165, 1.54) is 0 Å². The first-order chi connectivity index (χ1) is 11.6. The van der Waals surface area contributed by atoms with Gasteiger partial charge in [-0.3, -0.25) is 0 Å². The van der Waals surface area contributed by atoms with Gasteiger partial charge in [-0.25, -0.2) is 0 Å². The molecule has 2 N–H and O–H groups in total. The average Bonchev–Trinajstić information content (AvgIpc) is 2.79. The highest BCUT2D eigenvalue weighted by Crippen LogP contribution is 2.65. The normalized spacial score (nSPS) is 42.6. The smallest absolute Gasteiger partial charge is 0.418 e. The van der Waals surface area contributed by atoms with Gasteiger partial charge in [-0.2, -0.15) is 13.2 Å². The number of hydrogen-bond acceptors (Lipinski definition) is 2. The van der Waals surface area contributed by atoms with Crippen LogP contribution in [0.2, 0.25) is 0 Å². The Morgan fingerprint density at radius 3 is 2.64 bits per heavy atom. The molecule has 6 atom stereocenters. The fourth-order valence-corrected chi connectivity index (χ4v) is 5.86. The first kappa shape index (κ1) is 17.0. The summed E-state index contributed by atoms with van der Waals surface area (Å²) in [5, 5.41) is 20.3. The zero-order chi connectivity index (χ0) is 18.2. The predicted molar refractivity (Wildman–Crippen MR) is 88.2 cm³/mol. The Hall–Kier alpha value is -1.49. The maximum atomic E-state index is 13.7. The summed E-state index contributed by atoms with van der Waals surface area (Å²) >= 11 is 0. The second-order valence-corrected chi connectivity index (χ2v) is 8.31. The van der Waals surface area contributed by atoms with Crippen LogP contribution < -0.4 is 0 Å². The van der Waals surface area contributed by atoms with Gasteiger partial charge in [-0.05, 0) is 60.3 Å². The van der Waals surface area contributed by atoms with Gasteiger partial charge in [0, 0.05) is 11.3 Å². The van der Waals surface area contributed by atoms with E-state index in [0.717, 1.165) is 17.5 Å². The number of hydrogen-bond donors (Lipinski definition) is 2. The lowest BCUT2D eigenvalue weighted by Crippen LogP contribution is -2.57. The quantitative estimate of drug-likeness (QED) is 0.672. The van der Waals surface area contributed by atoms with Crippen molar-refractivity contribution in [2.24, 2.45) is 23.2 Å². The van der Waals surface area contributed by atoms with Crippen LogP contribution in [0.5, 0.6) is 5.75 Å². The lowest BCUT2D eigenvalue weighted by atomic mass is 9.54. The highest BCUT2D eigenvalue weighted by atomic mass is 19.4. The molecule has 3 aliphatic carbocycles. The first-order valence-corrected chi connectivity index (χ1v) is 8.89. The molecule has 0 bridgehead atoms. The number of rotatable bonds is 0. The molecule has 3 aliphatic rings. The van der Waals surface area contributed by atoms with Crippen LogP contribution in [0, 0.1) is 23.2 Å². The molecule has 0 amide bonds. The van der Waals surface area contributed by atoms with E-state index in [0.29, 0.717) is 6.42 Å². The Morgan fingerprint density at radius 1 is 1.24 bits per heavy atom. The highest BCUT2D eigenvalue weighted by molar-refractivity contribution is 5.44. The molecule has 2 nitrogen and oxygen atoms in total. The molecule has 0 radical (unpaired) electrons. The van der Waals surface area contributed by atoms with Gasteiger partial charge >= 0.3 is 6.18 Å². The van der Waals surface area contributed by atoms with Crippen molar-refractivity contribution in [3.63, 3.8) is 0 Å². The van der Waals surface area contributed by atoms with Gasteiger partial charge in [-0.1, -0.05) is 32.1 Å². The number of alkyl halides is 3. The van der Waals surface area contributed by atoms with Gasteiger partial charge in [0.2, 0.25) is 0 Å². The number of benzene rings is 1. The van der Waals surface area contributed by atoms with Crippen LogP contribution in [0.25, 0.3) is 0 Å². The van der Waals surface area contributed by atoms with Crippen LogP contribution in [0.15, 0.2) is 30.4 Å². The Kier molecular flexibility index (Phi) is 3.41. The molecule has 0 saturated heterocycles. The summed E-state index contributed by atoms with van der Waals surface area (Å²) < 4.78 is 41.0. The lowest BCUT2D eigenvalue weighted by molar-refractivity contribution is -0.288. The van der Waals surface area contributed by atoms with Crippen LogP contribution in [0.4, 0.5) is 13.2 Å². The summed E-state index contributed by atoms with van der Waals surface area (Å²) in [4.78, 5) is 0. The standard InChI is InChI=1S/C20H23F3O2/c1-11-9-12-10-13(24)3-4-14(12)15-5-7-18(2)16(17(11)15)6-8-19(18,25)20(21,22)23/h3-5,7,10-11,15-17,24-25H,6,8-9H2,1-2H3/t11?,15?,16?,17?,18-,19+/m0/s1. The Balaban J connectivity index is 1.83. The summed E-state index contributed by atoms with van der Waals surface area (Å²) in [6.45, 7) is 3.65. The predicted octanol–water partition coefficient (Wildman–Crippen LogP) is 4.56. The van der Waals surface area contributed by atoms with Crippen molar-refractivity contribution in [3.05, 3.63) is 41.5 Å². The van der Waals surface area contributed by atoms with Gasteiger partial charge in [0.15, 0.2) is 5.60 Å². The molecule has 0 aromatic heterocycles. The van der Waals surface area contributed by atoms with Gasteiger partial charge in [0.1, 0.15) is 5.75 Å². The SMILES string of the molecule is CC1Cc2cc(O)ccc2C2C=C[C@@]3(C)C(CC[C@]3(O)C(F)(F)F)C12. The van der Waals surface area contributed by atoms with Crippen LogP contribution in [-0.4, -0.2) is 22.0 Å². The summed E-state index contributed by atoms with van der Waals surface area (Å²) in [5.74, 6) is 0.341. The number of phenolic OH excluding ortho intramolecular Hbond substituents is 1. The van der Waals surface area contributed by atoms with Gasteiger partial charge in [0.05, 0.1) is 0 Å². The number of allylic oxidation sites excluding steroid dienone is 1. The van der Waals surface area contributed by atoms with Crippen LogP contribution in [0.3, 0.4) is 0 Å². The van der Waals surface area contributed by atoms with Gasteiger partial charge < -0.3 is 10.2 Å². The molecular weight excluding hydrogens is 329 g/mol. The summed E-state index contributed by atoms with van der Waals surface area (Å²) in [6.07, 6.45) is -0.246. The van der Waals surface area contributed by atoms with E-state index in [1.54, 1.807) is 25.1 Å². The van der Waals surface area contributed by atoms with E-state index >= 15 is 0 Å². The van der Waals surface area contributed by atoms with E-state index in [4.69, 9.17) is 0 Å². The van der Waals surface area contributed by atoms with Gasteiger partial charge in [0.25, 0.3) is 0 Å². The van der Waals surface area contributed by atoms with Crippen LogP contribution >= 0.6 is 0 Å². The fourth-order valence-electron chi connectivity index (χ4n) is 5.86. The average molecular weight is 352 g/mol. The summed E-state index contributed by atoms with van der Waals surface area (Å²) in [7, 11) is 0. The minimum Gasteiger partial charge on any atom is -0.508 e. The van der Waals surface area contributed by atoms with Crippen LogP contribution in [-0.2, 0) is 6.42 Å². The third kappa shape index (κ3) is 2.08. The molecule has 1 aromatic rings. The van der Waals surface area contributed by atoms with E-state index in [2.05, 4.69) is 6.92 Å². The third-order valence-electron chi connectivity index (χ3n) is 7.16. The number of fused-ring (bicyclic) bond motifs is 5. The molecule has 1 saturated carbocycles. The maximum absolute atomic E-state index is 13.7. The lowest BCUT2D eigenvalue weighted by Gasteiger charge is -2.51. The Bertz CT molecular complexity index is 741. The molecule has 1 aromatic carbocycles. The number of phenols is 1. The van der Waals surface area contributed by atoms with E-state index < -0.39 is 17.2 Å². The molecule has 0 aliphatic heterocycles. The van der Waals surface area contributed by atoms with Crippen molar-refractivity contribution in [2.75, 3.05) is 0 Å². The van der Waals surface area contributed by atoms with E-state index in [9.17, 15) is 23.4 Å². The second-order valence-electron chi connectivity index (χ2n) is 8.31. The minimum absolute atomic E-state index is 0.0491. The molecule has 0 spiro atoms. The van der Waals surface area contributed by atoms with Crippen molar-refractivity contribution in [1.82, 2.24) is 0 Å². The number of halogens is 3.